The zero-order chi connectivity index (χ0) is 9.83. The molecule has 0 aromatic rings. The van der Waals surface area contributed by atoms with Crippen molar-refractivity contribution in [1.82, 2.24) is 4.72 Å². The van der Waals surface area contributed by atoms with Gasteiger partial charge in [-0.25, -0.2) is 13.1 Å². The second kappa shape index (κ2) is 4.41. The molecule has 0 unspecified atom stereocenters. The van der Waals surface area contributed by atoms with Gasteiger partial charge in [0.15, 0.2) is 0 Å². The zero-order valence-electron chi connectivity index (χ0n) is 7.43. The van der Waals surface area contributed by atoms with Gasteiger partial charge in [-0.2, -0.15) is 0 Å². The van der Waals surface area contributed by atoms with Crippen LogP contribution < -0.4 is 4.72 Å². The Balaban J connectivity index is 4.24. The maximum absolute atomic E-state index is 11.0. The van der Waals surface area contributed by atoms with Gasteiger partial charge in [-0.15, -0.1) is 11.6 Å². The fourth-order valence-corrected chi connectivity index (χ4v) is 1.96. The first-order chi connectivity index (χ1) is 5.33. The van der Waals surface area contributed by atoms with Crippen LogP contribution in [0.5, 0.6) is 0 Å². The number of halogens is 1. The highest BCUT2D eigenvalue weighted by molar-refractivity contribution is 7.90. The van der Waals surface area contributed by atoms with E-state index in [1.807, 2.05) is 0 Å². The SMILES string of the molecule is COCC(C)(C)NS(=O)(=O)CCl. The predicted octanol–water partition coefficient (Wildman–Crippen LogP) is 0.527. The monoisotopic (exact) mass is 215 g/mol. The van der Waals surface area contributed by atoms with Crippen LogP contribution in [-0.4, -0.2) is 32.9 Å². The van der Waals surface area contributed by atoms with Crippen molar-refractivity contribution in [3.63, 3.8) is 0 Å². The molecule has 0 aromatic heterocycles. The number of methoxy groups -OCH3 is 1. The van der Waals surface area contributed by atoms with Crippen LogP contribution in [0.2, 0.25) is 0 Å². The van der Waals surface area contributed by atoms with Crippen LogP contribution in [0.15, 0.2) is 0 Å². The summed E-state index contributed by atoms with van der Waals surface area (Å²) in [5, 5.41) is -0.430. The molecule has 74 valence electrons. The molecule has 0 bridgehead atoms. The molecule has 0 aliphatic heterocycles. The second-order valence-electron chi connectivity index (χ2n) is 3.14. The molecule has 0 aliphatic carbocycles. The summed E-state index contributed by atoms with van der Waals surface area (Å²) in [5.74, 6) is 0. The van der Waals surface area contributed by atoms with Crippen molar-refractivity contribution >= 4 is 21.6 Å². The first kappa shape index (κ1) is 12.2. The number of nitrogens with one attached hydrogen (secondary N) is 1. The van der Waals surface area contributed by atoms with Crippen LogP contribution in [0.25, 0.3) is 0 Å². The third-order valence-electron chi connectivity index (χ3n) is 1.08. The van der Waals surface area contributed by atoms with Crippen molar-refractivity contribution in [1.29, 1.82) is 0 Å². The van der Waals surface area contributed by atoms with E-state index >= 15 is 0 Å². The minimum absolute atomic E-state index is 0.309. The molecule has 0 fully saturated rings. The molecule has 0 heterocycles. The van der Waals surface area contributed by atoms with E-state index in [9.17, 15) is 8.42 Å². The summed E-state index contributed by atoms with van der Waals surface area (Å²) in [6, 6.07) is 0. The maximum atomic E-state index is 11.0. The number of rotatable bonds is 5. The molecule has 0 saturated carbocycles. The minimum atomic E-state index is -3.36. The molecule has 6 heteroatoms. The number of hydrogen-bond donors (Lipinski definition) is 1. The Bertz CT molecular complexity index is 225. The Kier molecular flexibility index (Phi) is 4.47. The smallest absolute Gasteiger partial charge is 0.226 e. The summed E-state index contributed by atoms with van der Waals surface area (Å²) >= 11 is 5.21. The van der Waals surface area contributed by atoms with Crippen molar-refractivity contribution in [2.45, 2.75) is 19.4 Å². The zero-order valence-corrected chi connectivity index (χ0v) is 9.00. The highest BCUT2D eigenvalue weighted by Gasteiger charge is 2.23. The van der Waals surface area contributed by atoms with Crippen LogP contribution in [0.1, 0.15) is 13.8 Å². The Labute approximate surface area is 78.3 Å². The lowest BCUT2D eigenvalue weighted by Gasteiger charge is -2.23. The number of alkyl halides is 1. The average molecular weight is 216 g/mol. The molecule has 4 nitrogen and oxygen atoms in total. The van der Waals surface area contributed by atoms with Crippen molar-refractivity contribution < 1.29 is 13.2 Å². The van der Waals surface area contributed by atoms with Gasteiger partial charge in [0.2, 0.25) is 10.0 Å². The van der Waals surface area contributed by atoms with E-state index in [4.69, 9.17) is 16.3 Å². The van der Waals surface area contributed by atoms with E-state index in [2.05, 4.69) is 4.72 Å². The van der Waals surface area contributed by atoms with E-state index < -0.39 is 20.8 Å². The van der Waals surface area contributed by atoms with E-state index in [0.29, 0.717) is 6.61 Å². The summed E-state index contributed by atoms with van der Waals surface area (Å²) in [7, 11) is -1.85. The third-order valence-corrected chi connectivity index (χ3v) is 3.09. The first-order valence-electron chi connectivity index (χ1n) is 3.39. The van der Waals surface area contributed by atoms with Crippen LogP contribution in [0.3, 0.4) is 0 Å². The fourth-order valence-electron chi connectivity index (χ4n) is 0.839. The van der Waals surface area contributed by atoms with Gasteiger partial charge in [-0.1, -0.05) is 0 Å². The standard InChI is InChI=1S/C6H14ClNO3S/c1-6(2,4-11-3)8-12(9,10)5-7/h8H,4-5H2,1-3H3. The Morgan fingerprint density at radius 2 is 2.00 bits per heavy atom. The van der Waals surface area contributed by atoms with E-state index in [0.717, 1.165) is 0 Å². The van der Waals surface area contributed by atoms with Crippen LogP contribution in [0.4, 0.5) is 0 Å². The van der Waals surface area contributed by atoms with Crippen LogP contribution >= 0.6 is 11.6 Å². The molecule has 12 heavy (non-hydrogen) atoms. The summed E-state index contributed by atoms with van der Waals surface area (Å²) in [6.45, 7) is 3.75. The normalized spacial score (nSPS) is 13.3. The molecule has 0 aliphatic rings. The Morgan fingerprint density at radius 3 is 2.33 bits per heavy atom. The molecule has 0 radical (unpaired) electrons. The summed E-state index contributed by atoms with van der Waals surface area (Å²) in [5.41, 5.74) is -0.609. The van der Waals surface area contributed by atoms with Crippen LogP contribution in [0, 0.1) is 0 Å². The highest BCUT2D eigenvalue weighted by Crippen LogP contribution is 2.05. The van der Waals surface area contributed by atoms with Crippen molar-refractivity contribution in [2.75, 3.05) is 18.9 Å². The molecular formula is C6H14ClNO3S. The molecule has 0 atom stereocenters. The minimum Gasteiger partial charge on any atom is -0.383 e. The molecule has 0 rings (SSSR count). The van der Waals surface area contributed by atoms with Gasteiger partial charge in [0.25, 0.3) is 0 Å². The lowest BCUT2D eigenvalue weighted by molar-refractivity contribution is 0.141. The van der Waals surface area contributed by atoms with Crippen molar-refractivity contribution in [2.24, 2.45) is 0 Å². The second-order valence-corrected chi connectivity index (χ2v) is 5.45. The summed E-state index contributed by atoms with van der Waals surface area (Å²) < 4.78 is 29.2. The molecular weight excluding hydrogens is 202 g/mol. The van der Waals surface area contributed by atoms with Gasteiger partial charge in [0.05, 0.1) is 12.1 Å². The van der Waals surface area contributed by atoms with E-state index in [1.54, 1.807) is 13.8 Å². The Morgan fingerprint density at radius 1 is 1.50 bits per heavy atom. The Hall–Kier alpha value is 0.160. The predicted molar refractivity (Wildman–Crippen MR) is 48.7 cm³/mol. The number of sulfonamides is 1. The molecule has 1 N–H and O–H groups in total. The van der Waals surface area contributed by atoms with Gasteiger partial charge < -0.3 is 4.74 Å². The molecule has 0 saturated heterocycles. The van der Waals surface area contributed by atoms with Crippen molar-refractivity contribution in [3.05, 3.63) is 0 Å². The summed E-state index contributed by atoms with van der Waals surface area (Å²) in [4.78, 5) is 0. The molecule has 0 aromatic carbocycles. The van der Waals surface area contributed by atoms with E-state index in [-0.39, 0.29) is 0 Å². The third kappa shape index (κ3) is 4.92. The van der Waals surface area contributed by atoms with Crippen molar-refractivity contribution in [3.8, 4) is 0 Å². The lowest BCUT2D eigenvalue weighted by Crippen LogP contribution is -2.46. The van der Waals surface area contributed by atoms with Gasteiger partial charge in [-0.05, 0) is 13.8 Å². The fraction of sp³-hybridized carbons (Fsp3) is 1.00. The number of hydrogen-bond acceptors (Lipinski definition) is 3. The van der Waals surface area contributed by atoms with E-state index in [1.165, 1.54) is 7.11 Å². The number of ether oxygens (including phenoxy) is 1. The van der Waals surface area contributed by atoms with Gasteiger partial charge in [0.1, 0.15) is 5.21 Å². The summed E-state index contributed by atoms with van der Waals surface area (Å²) in [6.07, 6.45) is 0. The van der Waals surface area contributed by atoms with Gasteiger partial charge >= 0.3 is 0 Å². The largest absolute Gasteiger partial charge is 0.383 e. The first-order valence-corrected chi connectivity index (χ1v) is 5.58. The average Bonchev–Trinajstić information content (AvgIpc) is 1.85. The lowest BCUT2D eigenvalue weighted by atomic mass is 10.1. The van der Waals surface area contributed by atoms with Gasteiger partial charge in [0, 0.05) is 7.11 Å². The maximum Gasteiger partial charge on any atom is 0.226 e. The highest BCUT2D eigenvalue weighted by atomic mass is 35.5. The molecule has 0 spiro atoms. The topological polar surface area (TPSA) is 55.4 Å². The van der Waals surface area contributed by atoms with Crippen LogP contribution in [-0.2, 0) is 14.8 Å². The molecule has 0 amide bonds. The quantitative estimate of drug-likeness (QED) is 0.681. The van der Waals surface area contributed by atoms with Gasteiger partial charge in [-0.3, -0.25) is 0 Å².